The van der Waals surface area contributed by atoms with Crippen LogP contribution in [0.3, 0.4) is 0 Å². The molecule has 154 valence electrons. The predicted octanol–water partition coefficient (Wildman–Crippen LogP) is 6.32. The SMILES string of the molecule is CC(C)c1cc2c3ccccc3n3c2c(c1-n1cc[n+](C)c1-c1ccccc1)C(C)C3. The van der Waals surface area contributed by atoms with E-state index in [1.54, 1.807) is 0 Å². The zero-order valence-electron chi connectivity index (χ0n) is 18.6. The lowest BCUT2D eigenvalue weighted by Gasteiger charge is -2.17. The molecule has 0 saturated heterocycles. The van der Waals surface area contributed by atoms with Gasteiger partial charge in [0, 0.05) is 39.9 Å². The van der Waals surface area contributed by atoms with Crippen LogP contribution in [0.1, 0.15) is 43.7 Å². The fraction of sp³-hybridized carbons (Fsp3) is 0.250. The Hall–Kier alpha value is -3.33. The molecule has 3 nitrogen and oxygen atoms in total. The minimum atomic E-state index is 0.432. The van der Waals surface area contributed by atoms with Crippen molar-refractivity contribution in [3.05, 3.63) is 84.2 Å². The maximum absolute atomic E-state index is 2.55. The van der Waals surface area contributed by atoms with Crippen LogP contribution in [0.2, 0.25) is 0 Å². The summed E-state index contributed by atoms with van der Waals surface area (Å²) in [5.74, 6) is 2.13. The van der Waals surface area contributed by atoms with Gasteiger partial charge in [0.1, 0.15) is 18.1 Å². The summed E-state index contributed by atoms with van der Waals surface area (Å²) in [6.45, 7) is 8.07. The molecule has 6 rings (SSSR count). The lowest BCUT2D eigenvalue weighted by atomic mass is 9.90. The van der Waals surface area contributed by atoms with Crippen LogP contribution in [0.5, 0.6) is 0 Å². The van der Waals surface area contributed by atoms with Crippen molar-refractivity contribution in [3.8, 4) is 17.1 Å². The van der Waals surface area contributed by atoms with Crippen LogP contribution >= 0.6 is 0 Å². The number of rotatable bonds is 3. The van der Waals surface area contributed by atoms with Gasteiger partial charge in [0.2, 0.25) is 0 Å². The molecule has 1 aliphatic heterocycles. The third-order valence-electron chi connectivity index (χ3n) is 6.94. The van der Waals surface area contributed by atoms with Crippen LogP contribution in [-0.2, 0) is 13.6 Å². The first kappa shape index (κ1) is 18.4. The van der Waals surface area contributed by atoms with E-state index >= 15 is 0 Å². The summed E-state index contributed by atoms with van der Waals surface area (Å²) in [6, 6.07) is 22.1. The molecule has 0 fully saturated rings. The van der Waals surface area contributed by atoms with Crippen molar-refractivity contribution in [2.24, 2.45) is 7.05 Å². The molecular formula is C28H28N3+. The first-order chi connectivity index (χ1) is 15.1. The zero-order chi connectivity index (χ0) is 21.3. The van der Waals surface area contributed by atoms with Gasteiger partial charge in [0.05, 0.1) is 18.1 Å². The number of imidazole rings is 1. The van der Waals surface area contributed by atoms with E-state index < -0.39 is 0 Å². The van der Waals surface area contributed by atoms with Crippen LogP contribution < -0.4 is 4.57 Å². The molecule has 0 spiro atoms. The van der Waals surface area contributed by atoms with E-state index in [0.29, 0.717) is 11.8 Å². The first-order valence-electron chi connectivity index (χ1n) is 11.3. The lowest BCUT2D eigenvalue weighted by molar-refractivity contribution is -0.659. The molecule has 3 aromatic carbocycles. The summed E-state index contributed by atoms with van der Waals surface area (Å²) in [4.78, 5) is 0. The molecule has 0 amide bonds. The standard InChI is InChI=1S/C28H28N3/c1-18(2)22-16-23-21-12-8-9-13-24(21)31-17-19(3)25(27(23)31)26(22)30-15-14-29(4)28(30)20-10-6-5-7-11-20/h5-16,18-19H,17H2,1-4H3/q+1. The van der Waals surface area contributed by atoms with Crippen molar-refractivity contribution in [3.63, 3.8) is 0 Å². The second-order valence-electron chi connectivity index (χ2n) is 9.28. The van der Waals surface area contributed by atoms with Crippen molar-refractivity contribution in [1.82, 2.24) is 9.13 Å². The number of hydrogen-bond donors (Lipinski definition) is 0. The number of aryl methyl sites for hydroxylation is 1. The Balaban J connectivity index is 1.77. The lowest BCUT2D eigenvalue weighted by Crippen LogP contribution is -2.29. The third kappa shape index (κ3) is 2.49. The normalized spacial score (nSPS) is 15.6. The first-order valence-corrected chi connectivity index (χ1v) is 11.3. The molecule has 0 N–H and O–H groups in total. The average molecular weight is 407 g/mol. The Morgan fingerprint density at radius 3 is 2.48 bits per heavy atom. The number of nitrogens with zero attached hydrogens (tertiary/aromatic N) is 3. The smallest absolute Gasteiger partial charge is 0.293 e. The minimum Gasteiger partial charge on any atom is -0.339 e. The molecule has 2 aromatic heterocycles. The fourth-order valence-electron chi connectivity index (χ4n) is 5.58. The maximum atomic E-state index is 2.55. The van der Waals surface area contributed by atoms with Crippen molar-refractivity contribution >= 4 is 21.8 Å². The fourth-order valence-corrected chi connectivity index (χ4v) is 5.58. The van der Waals surface area contributed by atoms with Gasteiger partial charge in [-0.2, -0.15) is 4.57 Å². The topological polar surface area (TPSA) is 13.7 Å². The van der Waals surface area contributed by atoms with Crippen molar-refractivity contribution < 1.29 is 4.57 Å². The Bertz CT molecular complexity index is 1450. The summed E-state index contributed by atoms with van der Waals surface area (Å²) in [5, 5.41) is 2.78. The van der Waals surface area contributed by atoms with Gasteiger partial charge in [-0.05, 0) is 30.2 Å². The summed E-state index contributed by atoms with van der Waals surface area (Å²) in [7, 11) is 2.14. The molecule has 0 bridgehead atoms. The molecule has 0 radical (unpaired) electrons. The summed E-state index contributed by atoms with van der Waals surface area (Å²) in [6.07, 6.45) is 4.42. The summed E-state index contributed by atoms with van der Waals surface area (Å²) >= 11 is 0. The second-order valence-corrected chi connectivity index (χ2v) is 9.28. The van der Waals surface area contributed by atoms with E-state index in [1.807, 2.05) is 0 Å². The molecule has 3 heteroatoms. The van der Waals surface area contributed by atoms with E-state index in [2.05, 4.69) is 115 Å². The van der Waals surface area contributed by atoms with Gasteiger partial charge in [-0.25, -0.2) is 4.57 Å². The Morgan fingerprint density at radius 1 is 0.968 bits per heavy atom. The van der Waals surface area contributed by atoms with Gasteiger partial charge in [0.25, 0.3) is 5.82 Å². The van der Waals surface area contributed by atoms with Crippen LogP contribution in [-0.4, -0.2) is 9.13 Å². The quantitative estimate of drug-likeness (QED) is 0.311. The molecule has 0 saturated carbocycles. The highest BCUT2D eigenvalue weighted by molar-refractivity contribution is 6.11. The van der Waals surface area contributed by atoms with Crippen LogP contribution in [0.4, 0.5) is 0 Å². The Kier molecular flexibility index (Phi) is 3.92. The number of benzene rings is 3. The minimum absolute atomic E-state index is 0.432. The molecule has 1 aliphatic rings. The van der Waals surface area contributed by atoms with Gasteiger partial charge < -0.3 is 4.57 Å². The molecule has 0 aliphatic carbocycles. The van der Waals surface area contributed by atoms with Crippen LogP contribution in [0, 0.1) is 0 Å². The maximum Gasteiger partial charge on any atom is 0.293 e. The summed E-state index contributed by atoms with van der Waals surface area (Å²) in [5.41, 5.74) is 8.30. The predicted molar refractivity (Wildman–Crippen MR) is 128 cm³/mol. The van der Waals surface area contributed by atoms with Gasteiger partial charge >= 0.3 is 0 Å². The Labute approximate surface area is 183 Å². The van der Waals surface area contributed by atoms with Gasteiger partial charge in [0.15, 0.2) is 0 Å². The van der Waals surface area contributed by atoms with Gasteiger partial charge in [-0.15, -0.1) is 0 Å². The van der Waals surface area contributed by atoms with E-state index in [9.17, 15) is 0 Å². The second kappa shape index (κ2) is 6.58. The highest BCUT2D eigenvalue weighted by Gasteiger charge is 2.34. The average Bonchev–Trinajstić information content (AvgIpc) is 3.42. The largest absolute Gasteiger partial charge is 0.339 e. The zero-order valence-corrected chi connectivity index (χ0v) is 18.6. The Morgan fingerprint density at radius 2 is 1.71 bits per heavy atom. The highest BCUT2D eigenvalue weighted by atomic mass is 15.1. The summed E-state index contributed by atoms with van der Waals surface area (Å²) < 4.78 is 7.22. The van der Waals surface area contributed by atoms with E-state index in [1.165, 1.54) is 50.0 Å². The molecule has 5 aromatic rings. The van der Waals surface area contributed by atoms with E-state index in [-0.39, 0.29) is 0 Å². The molecule has 1 unspecified atom stereocenters. The molecule has 3 heterocycles. The van der Waals surface area contributed by atoms with Crippen molar-refractivity contribution in [2.75, 3.05) is 0 Å². The van der Waals surface area contributed by atoms with Gasteiger partial charge in [-0.3, -0.25) is 0 Å². The number of fused-ring (bicyclic) bond motifs is 3. The molecular weight excluding hydrogens is 378 g/mol. The van der Waals surface area contributed by atoms with Crippen molar-refractivity contribution in [2.45, 2.75) is 39.2 Å². The number of para-hydroxylation sites is 1. The molecule has 31 heavy (non-hydrogen) atoms. The molecule has 1 atom stereocenters. The van der Waals surface area contributed by atoms with E-state index in [4.69, 9.17) is 0 Å². The van der Waals surface area contributed by atoms with E-state index in [0.717, 1.165) is 6.54 Å². The highest BCUT2D eigenvalue weighted by Crippen LogP contribution is 2.46. The number of hydrogen-bond acceptors (Lipinski definition) is 0. The monoisotopic (exact) mass is 406 g/mol. The van der Waals surface area contributed by atoms with Crippen LogP contribution in [0.15, 0.2) is 73.1 Å². The van der Waals surface area contributed by atoms with Crippen molar-refractivity contribution in [1.29, 1.82) is 0 Å². The third-order valence-corrected chi connectivity index (χ3v) is 6.94. The van der Waals surface area contributed by atoms with Crippen LogP contribution in [0.25, 0.3) is 38.9 Å². The number of aromatic nitrogens is 3. The van der Waals surface area contributed by atoms with Gasteiger partial charge in [-0.1, -0.05) is 57.2 Å².